The molecule has 5 heteroatoms. The lowest BCUT2D eigenvalue weighted by Crippen LogP contribution is -2.14. The second kappa shape index (κ2) is 5.25. The first-order valence-electron chi connectivity index (χ1n) is 2.20. The smallest absolute Gasteiger partial charge is 0.404 e. The Bertz CT molecular complexity index is 131. The third-order valence-corrected chi connectivity index (χ3v) is 0.994. The normalized spacial score (nSPS) is 7.89. The van der Waals surface area contributed by atoms with Crippen LogP contribution >= 0.6 is 11.8 Å². The molecule has 0 atom stereocenters. The van der Waals surface area contributed by atoms with Gasteiger partial charge in [0, 0.05) is 5.75 Å². The van der Waals surface area contributed by atoms with E-state index in [0.717, 1.165) is 11.8 Å². The van der Waals surface area contributed by atoms with Crippen molar-refractivity contribution in [3.05, 3.63) is 0 Å². The van der Waals surface area contributed by atoms with E-state index >= 15 is 0 Å². The predicted octanol–water partition coefficient (Wildman–Crippen LogP) is 0.296. The van der Waals surface area contributed by atoms with E-state index in [1.807, 2.05) is 5.40 Å². The van der Waals surface area contributed by atoms with E-state index in [9.17, 15) is 4.79 Å². The largest absolute Gasteiger partial charge is 0.449 e. The van der Waals surface area contributed by atoms with Crippen molar-refractivity contribution < 1.29 is 9.53 Å². The van der Waals surface area contributed by atoms with Gasteiger partial charge in [0.05, 0.1) is 0 Å². The fraction of sp³-hybridized carbons (Fsp3) is 0.500. The van der Waals surface area contributed by atoms with Crippen LogP contribution in [0.25, 0.3) is 0 Å². The number of nitrogens with zero attached hydrogens (tertiary/aromatic N) is 1. The van der Waals surface area contributed by atoms with Gasteiger partial charge >= 0.3 is 6.09 Å². The number of rotatable bonds is 3. The van der Waals surface area contributed by atoms with Gasteiger partial charge < -0.3 is 10.5 Å². The van der Waals surface area contributed by atoms with Gasteiger partial charge in [-0.05, 0) is 11.8 Å². The van der Waals surface area contributed by atoms with Crippen LogP contribution in [0.15, 0.2) is 0 Å². The van der Waals surface area contributed by atoms with Gasteiger partial charge in [-0.1, -0.05) is 0 Å². The van der Waals surface area contributed by atoms with Crippen molar-refractivity contribution >= 4 is 17.9 Å². The Morgan fingerprint density at radius 2 is 2.56 bits per heavy atom. The van der Waals surface area contributed by atoms with E-state index in [2.05, 4.69) is 10.5 Å². The van der Waals surface area contributed by atoms with E-state index in [4.69, 9.17) is 5.26 Å². The molecule has 0 radical (unpaired) electrons. The zero-order valence-electron chi connectivity index (χ0n) is 4.66. The quantitative estimate of drug-likeness (QED) is 0.458. The van der Waals surface area contributed by atoms with E-state index in [-0.39, 0.29) is 6.61 Å². The van der Waals surface area contributed by atoms with E-state index < -0.39 is 6.09 Å². The van der Waals surface area contributed by atoms with Crippen molar-refractivity contribution in [2.75, 3.05) is 12.4 Å². The highest BCUT2D eigenvalue weighted by molar-refractivity contribution is 8.03. The number of primary amides is 1. The number of nitriles is 1. The fourth-order valence-electron chi connectivity index (χ4n) is 0.230. The monoisotopic (exact) mass is 146 g/mol. The van der Waals surface area contributed by atoms with Crippen LogP contribution in [0.3, 0.4) is 0 Å². The van der Waals surface area contributed by atoms with Crippen molar-refractivity contribution in [1.82, 2.24) is 0 Å². The Labute approximate surface area is 57.0 Å². The summed E-state index contributed by atoms with van der Waals surface area (Å²) in [5.74, 6) is 0.472. The fourth-order valence-corrected chi connectivity index (χ4v) is 0.488. The summed E-state index contributed by atoms with van der Waals surface area (Å²) in [5.41, 5.74) is 4.62. The highest BCUT2D eigenvalue weighted by Gasteiger charge is 1.91. The highest BCUT2D eigenvalue weighted by atomic mass is 32.2. The first-order valence-corrected chi connectivity index (χ1v) is 3.19. The van der Waals surface area contributed by atoms with Gasteiger partial charge in [0.1, 0.15) is 12.0 Å². The van der Waals surface area contributed by atoms with Crippen molar-refractivity contribution in [2.45, 2.75) is 0 Å². The van der Waals surface area contributed by atoms with Crippen LogP contribution in [-0.2, 0) is 4.74 Å². The average Bonchev–Trinajstić information content (AvgIpc) is 1.80. The topological polar surface area (TPSA) is 76.1 Å². The summed E-state index contributed by atoms with van der Waals surface area (Å²) in [5, 5.41) is 9.80. The van der Waals surface area contributed by atoms with Gasteiger partial charge in [-0.25, -0.2) is 4.79 Å². The maximum Gasteiger partial charge on any atom is 0.404 e. The molecule has 0 aromatic carbocycles. The lowest BCUT2D eigenvalue weighted by Gasteiger charge is -1.94. The lowest BCUT2D eigenvalue weighted by atomic mass is 10.8. The molecular formula is C4H6N2O2S. The highest BCUT2D eigenvalue weighted by Crippen LogP contribution is 1.93. The molecular weight excluding hydrogens is 140 g/mol. The third-order valence-electron chi connectivity index (χ3n) is 0.494. The van der Waals surface area contributed by atoms with Crippen LogP contribution in [-0.4, -0.2) is 18.5 Å². The minimum absolute atomic E-state index is 0.202. The van der Waals surface area contributed by atoms with Crippen LogP contribution < -0.4 is 5.73 Å². The number of amides is 1. The molecule has 0 aromatic heterocycles. The van der Waals surface area contributed by atoms with E-state index in [1.54, 1.807) is 0 Å². The number of hydrogen-bond acceptors (Lipinski definition) is 4. The summed E-state index contributed by atoms with van der Waals surface area (Å²) in [6, 6.07) is 0. The molecule has 0 unspecified atom stereocenters. The van der Waals surface area contributed by atoms with Gasteiger partial charge in [0.2, 0.25) is 0 Å². The van der Waals surface area contributed by atoms with Crippen molar-refractivity contribution in [1.29, 1.82) is 5.26 Å². The summed E-state index contributed by atoms with van der Waals surface area (Å²) in [4.78, 5) is 9.87. The molecule has 0 aliphatic carbocycles. The third kappa shape index (κ3) is 7.11. The van der Waals surface area contributed by atoms with Crippen LogP contribution in [0.4, 0.5) is 4.79 Å². The number of carbonyl (C=O) groups is 1. The Balaban J connectivity index is 2.94. The molecule has 0 spiro atoms. The summed E-state index contributed by atoms with van der Waals surface area (Å²) in [7, 11) is 0. The molecule has 0 heterocycles. The molecule has 0 aliphatic rings. The molecule has 0 aliphatic heterocycles. The van der Waals surface area contributed by atoms with E-state index in [1.165, 1.54) is 0 Å². The minimum atomic E-state index is -0.798. The van der Waals surface area contributed by atoms with Crippen molar-refractivity contribution in [3.63, 3.8) is 0 Å². The molecule has 0 saturated carbocycles. The molecule has 0 rings (SSSR count). The first-order chi connectivity index (χ1) is 4.27. The maximum absolute atomic E-state index is 9.87. The zero-order valence-corrected chi connectivity index (χ0v) is 5.48. The standard InChI is InChI=1S/C4H6N2O2S/c5-3-9-2-1-8-4(6)7/h1-2H2,(H2,6,7). The first kappa shape index (κ1) is 8.11. The molecule has 0 saturated heterocycles. The Kier molecular flexibility index (Phi) is 4.73. The summed E-state index contributed by atoms with van der Waals surface area (Å²) in [6.45, 7) is 0.202. The molecule has 0 aromatic rings. The molecule has 4 nitrogen and oxygen atoms in total. The zero-order chi connectivity index (χ0) is 7.11. The summed E-state index contributed by atoms with van der Waals surface area (Å²) >= 11 is 1.02. The van der Waals surface area contributed by atoms with Crippen LogP contribution in [0.1, 0.15) is 0 Å². The molecule has 1 amide bonds. The van der Waals surface area contributed by atoms with Gasteiger partial charge in [0.25, 0.3) is 0 Å². The Hall–Kier alpha value is -0.890. The number of nitrogens with two attached hydrogens (primary N) is 1. The van der Waals surface area contributed by atoms with Gasteiger partial charge in [-0.15, -0.1) is 0 Å². The maximum atomic E-state index is 9.87. The summed E-state index contributed by atoms with van der Waals surface area (Å²) < 4.78 is 4.31. The van der Waals surface area contributed by atoms with Gasteiger partial charge in [-0.3, -0.25) is 0 Å². The number of carbonyl (C=O) groups excluding carboxylic acids is 1. The summed E-state index contributed by atoms with van der Waals surface area (Å²) in [6.07, 6.45) is -0.798. The van der Waals surface area contributed by atoms with Crippen LogP contribution in [0, 0.1) is 10.7 Å². The second-order valence-corrected chi connectivity index (χ2v) is 1.99. The van der Waals surface area contributed by atoms with Gasteiger partial charge in [-0.2, -0.15) is 5.26 Å². The lowest BCUT2D eigenvalue weighted by molar-refractivity contribution is 0.164. The number of thiocyanates is 1. The molecule has 50 valence electrons. The number of ether oxygens (including phenoxy) is 1. The molecule has 0 bridgehead atoms. The number of thioether (sulfide) groups is 1. The van der Waals surface area contributed by atoms with E-state index in [0.29, 0.717) is 5.75 Å². The molecule has 0 fully saturated rings. The minimum Gasteiger partial charge on any atom is -0.449 e. The Morgan fingerprint density at radius 3 is 3.00 bits per heavy atom. The average molecular weight is 146 g/mol. The number of hydrogen-bond donors (Lipinski definition) is 1. The SMILES string of the molecule is N#CSCCOC(N)=O. The Morgan fingerprint density at radius 1 is 1.89 bits per heavy atom. The van der Waals surface area contributed by atoms with Crippen molar-refractivity contribution in [2.24, 2.45) is 5.73 Å². The van der Waals surface area contributed by atoms with Crippen LogP contribution in [0.2, 0.25) is 0 Å². The van der Waals surface area contributed by atoms with Gasteiger partial charge in [0.15, 0.2) is 0 Å². The van der Waals surface area contributed by atoms with Crippen molar-refractivity contribution in [3.8, 4) is 5.40 Å². The molecule has 9 heavy (non-hydrogen) atoms. The predicted molar refractivity (Wildman–Crippen MR) is 33.6 cm³/mol. The van der Waals surface area contributed by atoms with Crippen LogP contribution in [0.5, 0.6) is 0 Å². The molecule has 2 N–H and O–H groups in total. The second-order valence-electron chi connectivity index (χ2n) is 1.11.